The summed E-state index contributed by atoms with van der Waals surface area (Å²) in [6.07, 6.45) is 3.17. The van der Waals surface area contributed by atoms with Crippen molar-refractivity contribution in [3.05, 3.63) is 0 Å². The topological polar surface area (TPSA) is 72.8 Å². The Kier molecular flexibility index (Phi) is 56.1. The summed E-state index contributed by atoms with van der Waals surface area (Å²) in [5.74, 6) is 0. The van der Waals surface area contributed by atoms with Crippen LogP contribution in [0.2, 0.25) is 0 Å². The van der Waals surface area contributed by atoms with E-state index in [9.17, 15) is 4.79 Å². The van der Waals surface area contributed by atoms with Gasteiger partial charge in [-0.3, -0.25) is 9.59 Å². The third-order valence-electron chi connectivity index (χ3n) is 1.09. The predicted octanol–water partition coefficient (Wildman–Crippen LogP) is 2.34. The van der Waals surface area contributed by atoms with E-state index in [4.69, 9.17) is 14.6 Å². The Morgan fingerprint density at radius 2 is 1.62 bits per heavy atom. The number of hydrogen-bond donors (Lipinski definition) is 1. The van der Waals surface area contributed by atoms with Crippen LogP contribution in [-0.4, -0.2) is 38.4 Å². The highest BCUT2D eigenvalue weighted by Crippen LogP contribution is 1.83. The Labute approximate surface area is 98.8 Å². The average molecular weight is 238 g/mol. The Morgan fingerprint density at radius 3 is 1.81 bits per heavy atom. The van der Waals surface area contributed by atoms with Crippen molar-refractivity contribution in [2.45, 2.75) is 40.5 Å². The maximum absolute atomic E-state index is 9.46. The molecule has 0 amide bonds. The van der Waals surface area contributed by atoms with Crippen molar-refractivity contribution in [3.8, 4) is 0 Å². The second-order valence-corrected chi connectivity index (χ2v) is 2.42. The molecule has 5 nitrogen and oxygen atoms in total. The van der Waals surface area contributed by atoms with Gasteiger partial charge in [-0.25, -0.2) is 0 Å². The first kappa shape index (κ1) is 24.2. The minimum absolute atomic E-state index is 0. The molecule has 0 saturated carbocycles. The van der Waals surface area contributed by atoms with Crippen LogP contribution in [0.25, 0.3) is 0 Å². The molecule has 100 valence electrons. The van der Waals surface area contributed by atoms with Gasteiger partial charge in [0.2, 0.25) is 0 Å². The van der Waals surface area contributed by atoms with Crippen LogP contribution in [0.3, 0.4) is 0 Å². The van der Waals surface area contributed by atoms with Crippen molar-refractivity contribution in [1.82, 2.24) is 0 Å². The largest absolute Gasteiger partial charge is 0.483 e. The third kappa shape index (κ3) is 76.1. The minimum Gasteiger partial charge on any atom is -0.483 e. The van der Waals surface area contributed by atoms with Crippen LogP contribution in [0.4, 0.5) is 0 Å². The molecule has 0 spiro atoms. The van der Waals surface area contributed by atoms with Crippen molar-refractivity contribution in [2.24, 2.45) is 0 Å². The van der Waals surface area contributed by atoms with E-state index in [1.165, 1.54) is 0 Å². The number of carbonyl (C=O) groups excluding carboxylic acids is 1. The summed E-state index contributed by atoms with van der Waals surface area (Å²) in [6, 6.07) is 0. The van der Waals surface area contributed by atoms with E-state index >= 15 is 0 Å². The van der Waals surface area contributed by atoms with Gasteiger partial charge in [0.05, 0.1) is 6.61 Å². The van der Waals surface area contributed by atoms with Crippen LogP contribution in [-0.2, 0) is 19.1 Å². The summed E-state index contributed by atoms with van der Waals surface area (Å²) in [5.41, 5.74) is 0. The molecule has 0 bridgehead atoms. The highest BCUT2D eigenvalue weighted by Gasteiger charge is 1.78. The van der Waals surface area contributed by atoms with Crippen molar-refractivity contribution >= 4 is 12.9 Å². The van der Waals surface area contributed by atoms with Gasteiger partial charge in [0.15, 0.2) is 0 Å². The molecule has 0 fully saturated rings. The van der Waals surface area contributed by atoms with Crippen molar-refractivity contribution in [2.75, 3.05) is 20.3 Å². The number of hydrogen-bond acceptors (Lipinski definition) is 4. The maximum Gasteiger partial charge on any atom is 0.293 e. The van der Waals surface area contributed by atoms with E-state index in [1.807, 2.05) is 6.92 Å². The van der Waals surface area contributed by atoms with Crippen LogP contribution in [0, 0.1) is 0 Å². The van der Waals surface area contributed by atoms with Gasteiger partial charge in [-0.15, -0.1) is 0 Å². The Bertz CT molecular complexity index is 105. The molecule has 0 heterocycles. The molecule has 0 aliphatic rings. The quantitative estimate of drug-likeness (QED) is 0.568. The Balaban J connectivity index is -0.0000000710. The standard InChI is InChI=1S/C5H10O2.C4H10O.CH2O2.CH4/c1-2-3-4-7-5-6;1-3-4-5-2;2-1-3;/h5H,2-4H2,1H3;3-4H2,1-2H3;1H,(H,2,3);1H4. The lowest BCUT2D eigenvalue weighted by molar-refractivity contribution is -0.128. The normalized spacial score (nSPS) is 6.94. The number of unbranched alkanes of at least 4 members (excludes halogenated alkanes) is 1. The van der Waals surface area contributed by atoms with Gasteiger partial charge in [-0.2, -0.15) is 0 Å². The molecule has 0 unspecified atom stereocenters. The zero-order chi connectivity index (χ0) is 12.4. The van der Waals surface area contributed by atoms with Crippen LogP contribution < -0.4 is 0 Å². The van der Waals surface area contributed by atoms with Gasteiger partial charge < -0.3 is 14.6 Å². The monoisotopic (exact) mass is 238 g/mol. The van der Waals surface area contributed by atoms with Crippen molar-refractivity contribution in [3.63, 3.8) is 0 Å². The van der Waals surface area contributed by atoms with Gasteiger partial charge in [-0.05, 0) is 12.8 Å². The third-order valence-corrected chi connectivity index (χ3v) is 1.09. The van der Waals surface area contributed by atoms with E-state index in [1.54, 1.807) is 7.11 Å². The summed E-state index contributed by atoms with van der Waals surface area (Å²) in [5, 5.41) is 6.89. The highest BCUT2D eigenvalue weighted by atomic mass is 16.5. The van der Waals surface area contributed by atoms with Crippen molar-refractivity contribution in [1.29, 1.82) is 0 Å². The van der Waals surface area contributed by atoms with E-state index in [0.717, 1.165) is 25.9 Å². The fourth-order valence-corrected chi connectivity index (χ4v) is 0.480. The predicted molar refractivity (Wildman–Crippen MR) is 64.5 cm³/mol. The summed E-state index contributed by atoms with van der Waals surface area (Å²) < 4.78 is 9.08. The molecule has 0 saturated heterocycles. The van der Waals surface area contributed by atoms with Gasteiger partial charge in [-0.1, -0.05) is 27.7 Å². The van der Waals surface area contributed by atoms with Crippen LogP contribution in [0.1, 0.15) is 40.5 Å². The van der Waals surface area contributed by atoms with Gasteiger partial charge >= 0.3 is 0 Å². The first-order valence-electron chi connectivity index (χ1n) is 4.87. The summed E-state index contributed by atoms with van der Waals surface area (Å²) in [7, 11) is 1.71. The van der Waals surface area contributed by atoms with E-state index in [2.05, 4.69) is 11.7 Å². The number of carbonyl (C=O) groups is 2. The van der Waals surface area contributed by atoms with Gasteiger partial charge in [0.25, 0.3) is 12.9 Å². The molecule has 0 rings (SSSR count). The fraction of sp³-hybridized carbons (Fsp3) is 0.818. The van der Waals surface area contributed by atoms with E-state index in [-0.39, 0.29) is 13.9 Å². The number of rotatable bonds is 6. The Morgan fingerprint density at radius 1 is 1.12 bits per heavy atom. The van der Waals surface area contributed by atoms with Crippen LogP contribution in [0.15, 0.2) is 0 Å². The maximum atomic E-state index is 9.46. The molecular weight excluding hydrogens is 212 g/mol. The molecule has 1 N–H and O–H groups in total. The van der Waals surface area contributed by atoms with Gasteiger partial charge in [0, 0.05) is 13.7 Å². The minimum atomic E-state index is -0.250. The zero-order valence-corrected chi connectivity index (χ0v) is 9.77. The molecule has 5 heteroatoms. The highest BCUT2D eigenvalue weighted by molar-refractivity contribution is 5.36. The van der Waals surface area contributed by atoms with Crippen LogP contribution >= 0.6 is 0 Å². The fourth-order valence-electron chi connectivity index (χ4n) is 0.480. The zero-order valence-electron chi connectivity index (χ0n) is 9.77. The molecular formula is C11H26O5. The number of methoxy groups -OCH3 is 1. The van der Waals surface area contributed by atoms with Gasteiger partial charge in [0.1, 0.15) is 0 Å². The Hall–Kier alpha value is -1.10. The molecule has 0 aliphatic carbocycles. The lowest BCUT2D eigenvalue weighted by Gasteiger charge is -1.90. The summed E-state index contributed by atoms with van der Waals surface area (Å²) in [4.78, 5) is 17.8. The van der Waals surface area contributed by atoms with E-state index < -0.39 is 0 Å². The first-order chi connectivity index (χ1) is 7.24. The molecule has 0 radical (unpaired) electrons. The lowest BCUT2D eigenvalue weighted by atomic mass is 10.4. The lowest BCUT2D eigenvalue weighted by Crippen LogP contribution is -1.88. The number of carboxylic acid groups (broad SMARTS) is 1. The number of ether oxygens (including phenoxy) is 2. The molecule has 16 heavy (non-hydrogen) atoms. The molecule has 0 aromatic carbocycles. The molecule has 0 aromatic rings. The van der Waals surface area contributed by atoms with Crippen molar-refractivity contribution < 1.29 is 24.2 Å². The summed E-state index contributed by atoms with van der Waals surface area (Å²) in [6.45, 7) is 5.83. The average Bonchev–Trinajstić information content (AvgIpc) is 2.22. The second kappa shape index (κ2) is 37.1. The SMILES string of the molecule is C.CCCCOC=O.CCCOC.O=CO. The molecule has 0 aromatic heterocycles. The smallest absolute Gasteiger partial charge is 0.293 e. The molecule has 0 aliphatic heterocycles. The molecule has 0 atom stereocenters. The first-order valence-corrected chi connectivity index (χ1v) is 4.87. The van der Waals surface area contributed by atoms with Crippen LogP contribution in [0.5, 0.6) is 0 Å². The summed E-state index contributed by atoms with van der Waals surface area (Å²) >= 11 is 0. The van der Waals surface area contributed by atoms with E-state index in [0.29, 0.717) is 13.1 Å². The second-order valence-electron chi connectivity index (χ2n) is 2.42.